The minimum atomic E-state index is -0.304. The first-order chi connectivity index (χ1) is 11.2. The van der Waals surface area contributed by atoms with Crippen molar-refractivity contribution >= 4 is 29.5 Å². The highest BCUT2D eigenvalue weighted by Crippen LogP contribution is 2.14. The number of nitrogens with zero attached hydrogens (tertiary/aromatic N) is 1. The fraction of sp³-hybridized carbons (Fsp3) is 0.625. The molecule has 7 heteroatoms. The number of hydrogen-bond donors (Lipinski definition) is 2. The van der Waals surface area contributed by atoms with Gasteiger partial charge in [-0.15, -0.1) is 0 Å². The molecule has 0 unspecified atom stereocenters. The average molecular weight is 339 g/mol. The van der Waals surface area contributed by atoms with Crippen molar-refractivity contribution in [2.24, 2.45) is 0 Å². The van der Waals surface area contributed by atoms with Crippen molar-refractivity contribution in [2.75, 3.05) is 43.5 Å². The third-order valence-corrected chi connectivity index (χ3v) is 4.74. The molecule has 1 fully saturated rings. The molecule has 2 N–H and O–H groups in total. The molecule has 0 bridgehead atoms. The Morgan fingerprint density at radius 2 is 2.00 bits per heavy atom. The zero-order valence-corrected chi connectivity index (χ0v) is 14.4. The van der Waals surface area contributed by atoms with Crippen LogP contribution in [0, 0.1) is 0 Å². The molecule has 1 aliphatic heterocycles. The summed E-state index contributed by atoms with van der Waals surface area (Å²) in [6.45, 7) is 3.52. The monoisotopic (exact) mass is 339 g/mol. The number of anilines is 1. The van der Waals surface area contributed by atoms with E-state index in [0.29, 0.717) is 12.3 Å². The number of rotatable bonds is 8. The van der Waals surface area contributed by atoms with Crippen LogP contribution in [0.25, 0.3) is 0 Å². The number of hydrogen-bond acceptors (Lipinski definition) is 5. The molecule has 1 aliphatic rings. The van der Waals surface area contributed by atoms with Crippen molar-refractivity contribution in [3.8, 4) is 0 Å². The highest BCUT2D eigenvalue weighted by Gasteiger charge is 2.12. The van der Waals surface area contributed by atoms with Crippen LogP contribution in [0.5, 0.6) is 0 Å². The van der Waals surface area contributed by atoms with Crippen LogP contribution in [0.3, 0.4) is 0 Å². The molecule has 1 aromatic heterocycles. The van der Waals surface area contributed by atoms with Crippen LogP contribution in [0.1, 0.15) is 36.2 Å². The first-order valence-corrected chi connectivity index (χ1v) is 9.26. The summed E-state index contributed by atoms with van der Waals surface area (Å²) >= 11 is 2.02. The van der Waals surface area contributed by atoms with Gasteiger partial charge in [0.25, 0.3) is 5.91 Å². The lowest BCUT2D eigenvalue weighted by Crippen LogP contribution is -2.33. The number of carbonyl (C=O) groups excluding carboxylic acids is 2. The first-order valence-electron chi connectivity index (χ1n) is 8.11. The van der Waals surface area contributed by atoms with Gasteiger partial charge in [0, 0.05) is 44.1 Å². The molecule has 0 saturated carbocycles. The fourth-order valence-corrected chi connectivity index (χ4v) is 3.45. The Labute approximate surface area is 141 Å². The van der Waals surface area contributed by atoms with E-state index in [1.165, 1.54) is 31.6 Å². The predicted octanol–water partition coefficient (Wildman–Crippen LogP) is 2.19. The van der Waals surface area contributed by atoms with Gasteiger partial charge in [0.1, 0.15) is 0 Å². The Hall–Kier alpha value is -1.47. The van der Waals surface area contributed by atoms with Crippen molar-refractivity contribution in [3.63, 3.8) is 0 Å². The van der Waals surface area contributed by atoms with Gasteiger partial charge in [0.15, 0.2) is 11.6 Å². The predicted molar refractivity (Wildman–Crippen MR) is 93.0 cm³/mol. The Balaban J connectivity index is 1.57. The first kappa shape index (κ1) is 17.9. The lowest BCUT2D eigenvalue weighted by molar-refractivity contribution is -0.116. The standard InChI is InChI=1S/C16H25N3O3S/c1-17-16(21)13-6-7-15(22-13)18-14(20)5-3-2-4-8-19-9-11-23-12-10-19/h6-7H,2-5,8-12H2,1H3,(H,17,21)(H,18,20). The van der Waals surface area contributed by atoms with Gasteiger partial charge in [-0.05, 0) is 25.5 Å². The highest BCUT2D eigenvalue weighted by atomic mass is 32.2. The summed E-state index contributed by atoms with van der Waals surface area (Å²) in [6, 6.07) is 3.14. The SMILES string of the molecule is CNC(=O)c1ccc(NC(=O)CCCCCN2CCSCC2)o1. The molecule has 1 saturated heterocycles. The van der Waals surface area contributed by atoms with Crippen molar-refractivity contribution in [3.05, 3.63) is 17.9 Å². The van der Waals surface area contributed by atoms with Crippen LogP contribution in [0.2, 0.25) is 0 Å². The second kappa shape index (κ2) is 9.62. The smallest absolute Gasteiger partial charge is 0.286 e. The summed E-state index contributed by atoms with van der Waals surface area (Å²) in [5.74, 6) is 2.62. The van der Waals surface area contributed by atoms with Gasteiger partial charge in [-0.1, -0.05) is 6.42 Å². The molecule has 2 rings (SSSR count). The minimum absolute atomic E-state index is 0.0721. The summed E-state index contributed by atoms with van der Waals surface area (Å²) in [4.78, 5) is 25.7. The quantitative estimate of drug-likeness (QED) is 0.710. The van der Waals surface area contributed by atoms with E-state index in [4.69, 9.17) is 4.42 Å². The molecule has 0 radical (unpaired) electrons. The van der Waals surface area contributed by atoms with Gasteiger partial charge in [0.05, 0.1) is 0 Å². The summed E-state index contributed by atoms with van der Waals surface area (Å²) < 4.78 is 5.26. The Bertz CT molecular complexity index is 512. The van der Waals surface area contributed by atoms with Crippen molar-refractivity contribution in [2.45, 2.75) is 25.7 Å². The number of thioether (sulfide) groups is 1. The van der Waals surface area contributed by atoms with E-state index in [1.807, 2.05) is 11.8 Å². The summed E-state index contributed by atoms with van der Waals surface area (Å²) in [5.41, 5.74) is 0. The molecular weight excluding hydrogens is 314 g/mol. The summed E-state index contributed by atoms with van der Waals surface area (Å²) in [7, 11) is 1.53. The number of nitrogens with one attached hydrogen (secondary N) is 2. The van der Waals surface area contributed by atoms with E-state index < -0.39 is 0 Å². The Morgan fingerprint density at radius 3 is 2.74 bits per heavy atom. The van der Waals surface area contributed by atoms with Gasteiger partial charge in [0.2, 0.25) is 5.91 Å². The third-order valence-electron chi connectivity index (χ3n) is 3.80. The maximum atomic E-state index is 11.8. The molecule has 6 nitrogen and oxygen atoms in total. The molecule has 0 aromatic carbocycles. The zero-order chi connectivity index (χ0) is 16.5. The largest absolute Gasteiger partial charge is 0.435 e. The molecule has 128 valence electrons. The van der Waals surface area contributed by atoms with Crippen LogP contribution in [-0.4, -0.2) is 54.9 Å². The van der Waals surface area contributed by atoms with E-state index in [-0.39, 0.29) is 17.6 Å². The molecule has 0 atom stereocenters. The van der Waals surface area contributed by atoms with Gasteiger partial charge in [-0.25, -0.2) is 0 Å². The zero-order valence-electron chi connectivity index (χ0n) is 13.6. The normalized spacial score (nSPS) is 15.3. The number of unbranched alkanes of at least 4 members (excludes halogenated alkanes) is 2. The van der Waals surface area contributed by atoms with Gasteiger partial charge in [-0.2, -0.15) is 11.8 Å². The van der Waals surface area contributed by atoms with Crippen molar-refractivity contribution < 1.29 is 14.0 Å². The van der Waals surface area contributed by atoms with E-state index >= 15 is 0 Å². The molecule has 2 heterocycles. The fourth-order valence-electron chi connectivity index (χ4n) is 2.47. The van der Waals surface area contributed by atoms with Crippen LogP contribution in [-0.2, 0) is 4.79 Å². The molecule has 23 heavy (non-hydrogen) atoms. The van der Waals surface area contributed by atoms with Crippen LogP contribution < -0.4 is 10.6 Å². The summed E-state index contributed by atoms with van der Waals surface area (Å²) in [6.07, 6.45) is 3.54. The second-order valence-electron chi connectivity index (χ2n) is 5.56. The number of furan rings is 1. The highest BCUT2D eigenvalue weighted by molar-refractivity contribution is 7.99. The van der Waals surface area contributed by atoms with E-state index in [2.05, 4.69) is 15.5 Å². The van der Waals surface area contributed by atoms with Crippen LogP contribution in [0.15, 0.2) is 16.5 Å². The molecule has 1 aromatic rings. The van der Waals surface area contributed by atoms with E-state index in [0.717, 1.165) is 25.8 Å². The van der Waals surface area contributed by atoms with Gasteiger partial charge >= 0.3 is 0 Å². The summed E-state index contributed by atoms with van der Waals surface area (Å²) in [5, 5.41) is 5.16. The molecular formula is C16H25N3O3S. The lowest BCUT2D eigenvalue weighted by atomic mass is 10.2. The maximum absolute atomic E-state index is 11.8. The molecule has 0 spiro atoms. The molecule has 0 aliphatic carbocycles. The third kappa shape index (κ3) is 6.27. The Morgan fingerprint density at radius 1 is 1.22 bits per heavy atom. The van der Waals surface area contributed by atoms with E-state index in [9.17, 15) is 9.59 Å². The van der Waals surface area contributed by atoms with Crippen LogP contribution in [0.4, 0.5) is 5.88 Å². The molecule has 2 amide bonds. The second-order valence-corrected chi connectivity index (χ2v) is 6.78. The lowest BCUT2D eigenvalue weighted by Gasteiger charge is -2.25. The van der Waals surface area contributed by atoms with Gasteiger partial charge < -0.3 is 14.6 Å². The van der Waals surface area contributed by atoms with Crippen molar-refractivity contribution in [1.82, 2.24) is 10.2 Å². The van der Waals surface area contributed by atoms with Crippen LogP contribution >= 0.6 is 11.8 Å². The minimum Gasteiger partial charge on any atom is -0.435 e. The maximum Gasteiger partial charge on any atom is 0.286 e. The van der Waals surface area contributed by atoms with E-state index in [1.54, 1.807) is 12.1 Å². The van der Waals surface area contributed by atoms with Gasteiger partial charge in [-0.3, -0.25) is 14.9 Å². The Kier molecular flexibility index (Phi) is 7.48. The number of amides is 2. The topological polar surface area (TPSA) is 74.6 Å². The average Bonchev–Trinajstić information content (AvgIpc) is 3.03. The van der Waals surface area contributed by atoms with Crippen molar-refractivity contribution in [1.29, 1.82) is 0 Å². The number of carbonyl (C=O) groups is 2.